The van der Waals surface area contributed by atoms with Crippen molar-refractivity contribution in [1.29, 1.82) is 0 Å². The number of carbonyl (C=O) groups is 2. The van der Waals surface area contributed by atoms with E-state index in [-0.39, 0.29) is 17.9 Å². The number of likely N-dealkylation sites (tertiary alicyclic amines) is 1. The number of halogens is 1. The van der Waals surface area contributed by atoms with Crippen molar-refractivity contribution in [2.24, 2.45) is 0 Å². The lowest BCUT2D eigenvalue weighted by molar-refractivity contribution is -0.113. The maximum Gasteiger partial charge on any atom is 0.253 e. The number of nitrogens with one attached hydrogen (secondary N) is 1. The highest BCUT2D eigenvalue weighted by Crippen LogP contribution is 2.19. The highest BCUT2D eigenvalue weighted by atomic mass is 79.9. The molecule has 0 spiro atoms. The third kappa shape index (κ3) is 4.51. The summed E-state index contributed by atoms with van der Waals surface area (Å²) in [5.41, 5.74) is 1.31. The molecule has 0 bridgehead atoms. The van der Waals surface area contributed by atoms with Gasteiger partial charge in [0.1, 0.15) is 0 Å². The van der Waals surface area contributed by atoms with Gasteiger partial charge in [-0.2, -0.15) is 0 Å². The number of benzene rings is 1. The molecule has 0 aliphatic carbocycles. The molecule has 1 aliphatic heterocycles. The monoisotopic (exact) mass is 429 g/mol. The van der Waals surface area contributed by atoms with Crippen LogP contribution in [0.5, 0.6) is 0 Å². The second-order valence-electron chi connectivity index (χ2n) is 6.25. The summed E-state index contributed by atoms with van der Waals surface area (Å²) >= 11 is 3.31. The molecule has 1 fully saturated rings. The summed E-state index contributed by atoms with van der Waals surface area (Å²) in [6.45, 7) is 4.74. The first-order valence-electron chi connectivity index (χ1n) is 8.51. The van der Waals surface area contributed by atoms with Crippen LogP contribution in [0.15, 0.2) is 53.8 Å². The minimum atomic E-state index is -0.197. The quantitative estimate of drug-likeness (QED) is 0.739. The van der Waals surface area contributed by atoms with Crippen LogP contribution in [0.25, 0.3) is 0 Å². The fourth-order valence-corrected chi connectivity index (χ4v) is 3.11. The zero-order valence-corrected chi connectivity index (χ0v) is 16.5. The summed E-state index contributed by atoms with van der Waals surface area (Å²) in [5.74, 6) is 0.328. The number of hydrogen-bond acceptors (Lipinski definition) is 5. The first kappa shape index (κ1) is 19.0. The fourth-order valence-electron chi connectivity index (χ4n) is 2.91. The van der Waals surface area contributed by atoms with Crippen LogP contribution in [-0.4, -0.2) is 52.9 Å². The van der Waals surface area contributed by atoms with E-state index in [1.807, 2.05) is 4.90 Å². The van der Waals surface area contributed by atoms with E-state index < -0.39 is 0 Å². The Morgan fingerprint density at radius 1 is 1.30 bits per heavy atom. The zero-order chi connectivity index (χ0) is 19.4. The number of aromatic nitrogens is 2. The normalized spacial score (nSPS) is 16.1. The molecule has 1 aromatic carbocycles. The molecule has 3 rings (SSSR count). The van der Waals surface area contributed by atoms with Crippen molar-refractivity contribution < 1.29 is 9.59 Å². The molecule has 1 saturated heterocycles. The highest BCUT2D eigenvalue weighted by molar-refractivity contribution is 9.10. The van der Waals surface area contributed by atoms with E-state index in [1.54, 1.807) is 43.7 Å². The smallest absolute Gasteiger partial charge is 0.253 e. The van der Waals surface area contributed by atoms with Crippen LogP contribution in [0.4, 0.5) is 11.6 Å². The van der Waals surface area contributed by atoms with E-state index in [2.05, 4.69) is 37.8 Å². The summed E-state index contributed by atoms with van der Waals surface area (Å²) in [6, 6.07) is 7.11. The topological polar surface area (TPSA) is 78.4 Å². The molecule has 1 atom stereocenters. The number of amides is 2. The Hall–Kier alpha value is -2.74. The van der Waals surface area contributed by atoms with Crippen LogP contribution in [0, 0.1) is 0 Å². The van der Waals surface area contributed by atoms with Crippen LogP contribution < -0.4 is 10.2 Å². The Bertz CT molecular complexity index is 838. The number of carbonyl (C=O) groups excluding carboxylic acids is 2. The lowest BCUT2D eigenvalue weighted by Crippen LogP contribution is -2.32. The Morgan fingerprint density at radius 3 is 2.59 bits per heavy atom. The molecular weight excluding hydrogens is 410 g/mol. The molecule has 2 amide bonds. The molecule has 27 heavy (non-hydrogen) atoms. The molecule has 8 heteroatoms. The average molecular weight is 430 g/mol. The van der Waals surface area contributed by atoms with Crippen LogP contribution >= 0.6 is 15.9 Å². The fraction of sp³-hybridized carbons (Fsp3) is 0.263. The second kappa shape index (κ2) is 8.30. The van der Waals surface area contributed by atoms with Gasteiger partial charge in [-0.1, -0.05) is 6.58 Å². The van der Waals surface area contributed by atoms with Crippen molar-refractivity contribution >= 4 is 39.4 Å². The van der Waals surface area contributed by atoms with E-state index in [4.69, 9.17) is 0 Å². The Balaban J connectivity index is 1.60. The van der Waals surface area contributed by atoms with Gasteiger partial charge in [-0.3, -0.25) is 9.59 Å². The number of likely N-dealkylation sites (N-methyl/N-ethyl adjacent to an activating group) is 1. The van der Waals surface area contributed by atoms with E-state index in [1.165, 1.54) is 11.0 Å². The van der Waals surface area contributed by atoms with Gasteiger partial charge in [0.15, 0.2) is 0 Å². The molecule has 1 unspecified atom stereocenters. The molecule has 0 radical (unpaired) electrons. The standard InChI is InChI=1S/C19H20BrN5O2/c1-3-17(26)24(2)16-6-4-13(5-7-16)18(27)25-9-8-15(12-25)23-19-21-10-14(20)11-22-19/h3-7,10-11,15H,1,8-9,12H2,2H3,(H,21,22,23). The summed E-state index contributed by atoms with van der Waals surface area (Å²) < 4.78 is 0.820. The van der Waals surface area contributed by atoms with Crippen molar-refractivity contribution in [2.45, 2.75) is 12.5 Å². The van der Waals surface area contributed by atoms with Crippen molar-refractivity contribution in [2.75, 3.05) is 30.4 Å². The van der Waals surface area contributed by atoms with Crippen LogP contribution in [0.1, 0.15) is 16.8 Å². The van der Waals surface area contributed by atoms with Gasteiger partial charge in [0.2, 0.25) is 11.9 Å². The molecular formula is C19H20BrN5O2. The second-order valence-corrected chi connectivity index (χ2v) is 7.17. The summed E-state index contributed by atoms with van der Waals surface area (Å²) in [5, 5.41) is 3.26. The number of hydrogen-bond donors (Lipinski definition) is 1. The Morgan fingerprint density at radius 2 is 1.96 bits per heavy atom. The molecule has 1 aliphatic rings. The highest BCUT2D eigenvalue weighted by Gasteiger charge is 2.27. The molecule has 2 heterocycles. The van der Waals surface area contributed by atoms with E-state index in [0.29, 0.717) is 30.3 Å². The zero-order valence-electron chi connectivity index (χ0n) is 14.9. The number of anilines is 2. The van der Waals surface area contributed by atoms with Crippen molar-refractivity contribution in [3.05, 3.63) is 59.4 Å². The van der Waals surface area contributed by atoms with Crippen LogP contribution in [-0.2, 0) is 4.79 Å². The van der Waals surface area contributed by atoms with Gasteiger partial charge >= 0.3 is 0 Å². The number of rotatable bonds is 5. The van der Waals surface area contributed by atoms with Crippen molar-refractivity contribution in [3.8, 4) is 0 Å². The average Bonchev–Trinajstić information content (AvgIpc) is 3.16. The lowest BCUT2D eigenvalue weighted by Gasteiger charge is -2.19. The van der Waals surface area contributed by atoms with Crippen LogP contribution in [0.2, 0.25) is 0 Å². The lowest BCUT2D eigenvalue weighted by atomic mass is 10.1. The van der Waals surface area contributed by atoms with Gasteiger partial charge in [-0.05, 0) is 52.7 Å². The first-order valence-corrected chi connectivity index (χ1v) is 9.31. The molecule has 7 nitrogen and oxygen atoms in total. The van der Waals surface area contributed by atoms with Gasteiger partial charge in [0.05, 0.1) is 4.47 Å². The van der Waals surface area contributed by atoms with Gasteiger partial charge in [-0.25, -0.2) is 9.97 Å². The Kier molecular flexibility index (Phi) is 5.85. The minimum absolute atomic E-state index is 0.0275. The molecule has 0 saturated carbocycles. The van der Waals surface area contributed by atoms with E-state index in [0.717, 1.165) is 10.9 Å². The predicted molar refractivity (Wildman–Crippen MR) is 108 cm³/mol. The van der Waals surface area contributed by atoms with Gasteiger partial charge in [0.25, 0.3) is 5.91 Å². The van der Waals surface area contributed by atoms with Gasteiger partial charge in [-0.15, -0.1) is 0 Å². The summed E-state index contributed by atoms with van der Waals surface area (Å²) in [4.78, 5) is 36.1. The molecule has 2 aromatic rings. The SMILES string of the molecule is C=CC(=O)N(C)c1ccc(C(=O)N2CCC(Nc3ncc(Br)cn3)C2)cc1. The largest absolute Gasteiger partial charge is 0.350 e. The van der Waals surface area contributed by atoms with Crippen LogP contribution in [0.3, 0.4) is 0 Å². The van der Waals surface area contributed by atoms with E-state index in [9.17, 15) is 9.59 Å². The maximum absolute atomic E-state index is 12.7. The third-order valence-corrected chi connectivity index (χ3v) is 4.85. The molecule has 1 N–H and O–H groups in total. The Labute approximate surface area is 166 Å². The molecule has 140 valence electrons. The van der Waals surface area contributed by atoms with Crippen molar-refractivity contribution in [3.63, 3.8) is 0 Å². The minimum Gasteiger partial charge on any atom is -0.350 e. The maximum atomic E-state index is 12.7. The number of nitrogens with zero attached hydrogens (tertiary/aromatic N) is 4. The van der Waals surface area contributed by atoms with Crippen molar-refractivity contribution in [1.82, 2.24) is 14.9 Å². The third-order valence-electron chi connectivity index (χ3n) is 4.44. The molecule has 1 aromatic heterocycles. The van der Waals surface area contributed by atoms with Gasteiger partial charge < -0.3 is 15.1 Å². The van der Waals surface area contributed by atoms with Gasteiger partial charge in [0, 0.05) is 49.8 Å². The summed E-state index contributed by atoms with van der Waals surface area (Å²) in [6.07, 6.45) is 5.46. The summed E-state index contributed by atoms with van der Waals surface area (Å²) in [7, 11) is 1.67. The predicted octanol–water partition coefficient (Wildman–Crippen LogP) is 2.71. The first-order chi connectivity index (χ1) is 13.0. The van der Waals surface area contributed by atoms with E-state index >= 15 is 0 Å².